The molecule has 3 aliphatic carbocycles. The third kappa shape index (κ3) is 11.8. The van der Waals surface area contributed by atoms with Crippen molar-refractivity contribution in [2.75, 3.05) is 109 Å². The predicted octanol–water partition coefficient (Wildman–Crippen LogP) is 6.53. The fourth-order valence-corrected chi connectivity index (χ4v) is 16.0. The van der Waals surface area contributed by atoms with Gasteiger partial charge in [0, 0.05) is 124 Å². The van der Waals surface area contributed by atoms with Crippen LogP contribution in [-0.2, 0) is 46.4 Å². The van der Waals surface area contributed by atoms with Gasteiger partial charge in [-0.05, 0) is 133 Å². The van der Waals surface area contributed by atoms with Crippen molar-refractivity contribution in [3.63, 3.8) is 0 Å². The number of fused-ring (bicyclic) bond motifs is 6. The summed E-state index contributed by atoms with van der Waals surface area (Å²) in [6.45, 7) is 12.2. The smallest absolute Gasteiger partial charge is 0.406 e. The highest BCUT2D eigenvalue weighted by atomic mass is 19.4. The van der Waals surface area contributed by atoms with Crippen molar-refractivity contribution in [2.24, 2.45) is 22.7 Å². The molecule has 3 amide bonds. The number of hydrogen-bond acceptors (Lipinski definition) is 14. The number of nitrogens with one attached hydrogen (secondary N) is 2. The normalized spacial score (nSPS) is 31.0. The van der Waals surface area contributed by atoms with Gasteiger partial charge in [-0.3, -0.25) is 43.9 Å². The summed E-state index contributed by atoms with van der Waals surface area (Å²) in [4.78, 5) is 77.5. The number of morpholine rings is 1. The second kappa shape index (κ2) is 22.9. The van der Waals surface area contributed by atoms with Crippen LogP contribution in [0.25, 0.3) is 22.2 Å². The quantitative estimate of drug-likeness (QED) is 0.149. The number of piperazine rings is 1. The van der Waals surface area contributed by atoms with Crippen molar-refractivity contribution in [2.45, 2.75) is 172 Å². The summed E-state index contributed by atoms with van der Waals surface area (Å²) < 4.78 is 65.9. The number of methoxy groups -OCH3 is 1. The number of nitrogens with zero attached hydrogens (tertiary/aromatic N) is 9. The molecule has 13 rings (SSSR count). The first kappa shape index (κ1) is 58.0. The summed E-state index contributed by atoms with van der Waals surface area (Å²) in [5.74, 6) is -0.0581. The van der Waals surface area contributed by atoms with Gasteiger partial charge in [-0.2, -0.15) is 13.2 Å². The molecule has 3 saturated carbocycles. The number of alkyl halides is 3. The van der Waals surface area contributed by atoms with E-state index in [-0.39, 0.29) is 54.5 Å². The molecule has 7 aliphatic heterocycles. The van der Waals surface area contributed by atoms with Gasteiger partial charge < -0.3 is 38.8 Å². The second-order valence-electron chi connectivity index (χ2n) is 27.6. The number of aromatic nitrogens is 2. The van der Waals surface area contributed by atoms with Crippen LogP contribution < -0.4 is 20.5 Å². The van der Waals surface area contributed by atoms with E-state index in [0.717, 1.165) is 89.2 Å². The van der Waals surface area contributed by atoms with Gasteiger partial charge in [0.1, 0.15) is 24.7 Å². The Labute approximate surface area is 492 Å². The zero-order chi connectivity index (χ0) is 58.4. The maximum atomic E-state index is 15.3. The van der Waals surface area contributed by atoms with E-state index >= 15 is 22.8 Å². The van der Waals surface area contributed by atoms with Gasteiger partial charge in [0.05, 0.1) is 54.7 Å². The number of amides is 3. The lowest BCUT2D eigenvalue weighted by atomic mass is 9.84. The molecule has 21 heteroatoms. The van der Waals surface area contributed by atoms with Crippen LogP contribution in [0, 0.1) is 22.7 Å². The van der Waals surface area contributed by atoms with Crippen molar-refractivity contribution in [3.8, 4) is 11.3 Å². The van der Waals surface area contributed by atoms with Crippen LogP contribution in [0.2, 0.25) is 0 Å². The van der Waals surface area contributed by atoms with E-state index in [1.807, 2.05) is 45.2 Å². The number of likely N-dealkylation sites (tertiary alicyclic amines) is 2. The number of carbonyl (C=O) groups excluding carboxylic acids is 4. The molecule has 9 atom stereocenters. The molecule has 3 aromatic rings. The molecular weight excluding hydrogens is 1080 g/mol. The number of rotatable bonds is 12. The molecule has 6 saturated heterocycles. The highest BCUT2D eigenvalue weighted by molar-refractivity contribution is 5.95. The lowest BCUT2D eigenvalue weighted by Crippen LogP contribution is -2.62. The first-order valence-corrected chi connectivity index (χ1v) is 31.7. The predicted molar refractivity (Wildman–Crippen MR) is 312 cm³/mol. The molecule has 2 N–H and O–H groups in total. The van der Waals surface area contributed by atoms with E-state index in [0.29, 0.717) is 104 Å². The molecule has 6 bridgehead atoms. The first-order valence-electron chi connectivity index (χ1n) is 31.7. The Kier molecular flexibility index (Phi) is 15.8. The molecule has 10 aliphatic rings. The number of likely N-dealkylation sites (N-methyl/N-ethyl adjacent to an activating group) is 1. The average molecular weight is 1170 g/mol. The third-order valence-corrected chi connectivity index (χ3v) is 21.0. The molecule has 84 heavy (non-hydrogen) atoms. The molecule has 2 aromatic heterocycles. The number of hydrogen-bond donors (Lipinski definition) is 2. The molecule has 0 radical (unpaired) electrons. The van der Waals surface area contributed by atoms with Crippen molar-refractivity contribution >= 4 is 46.0 Å². The minimum absolute atomic E-state index is 0.0107. The fraction of sp³-hybridized carbons (Fsp3) is 0.730. The minimum Gasteiger partial charge on any atom is -0.464 e. The number of anilines is 2. The molecular formula is C63H88F3N11O7. The Morgan fingerprint density at radius 1 is 0.905 bits per heavy atom. The van der Waals surface area contributed by atoms with Crippen LogP contribution in [0.1, 0.15) is 122 Å². The lowest BCUT2D eigenvalue weighted by Gasteiger charge is -2.39. The summed E-state index contributed by atoms with van der Waals surface area (Å²) in [5, 5.41) is 5.47. The van der Waals surface area contributed by atoms with Gasteiger partial charge in [-0.1, -0.05) is 26.7 Å². The molecule has 1 aromatic carbocycles. The average Bonchev–Trinajstić information content (AvgIpc) is 1.82. The minimum atomic E-state index is -4.59. The number of ether oxygens (including phenoxy) is 3. The SMILES string of the molecule is CO[C@@H](C)c1ncc(N2CCN(C3CC3)CC2)cc1-c1c2c3cc(ccc3n1CC(F)(F)F)N1CCO[C@@H](C[C@H](NC(=O)[C@H](C3CCCC3)N3CC[C@]4(CCN(C(=O)[C@H]5[C@H](C6CC6)N5C)C4)C3)C(=O)N3CCC[C@H](N3)C(=O)OCC(C)(C)C2)C1. The second-order valence-corrected chi connectivity index (χ2v) is 27.6. The summed E-state index contributed by atoms with van der Waals surface area (Å²) in [5.41, 5.74) is 6.57. The van der Waals surface area contributed by atoms with Crippen molar-refractivity contribution < 1.29 is 46.6 Å². The summed E-state index contributed by atoms with van der Waals surface area (Å²) >= 11 is 0. The Bertz CT molecular complexity index is 2970. The Morgan fingerprint density at radius 3 is 2.42 bits per heavy atom. The number of benzene rings is 1. The van der Waals surface area contributed by atoms with E-state index in [2.05, 4.69) is 47.2 Å². The molecule has 458 valence electrons. The largest absolute Gasteiger partial charge is 0.464 e. The zero-order valence-electron chi connectivity index (χ0n) is 50.0. The summed E-state index contributed by atoms with van der Waals surface area (Å²) in [7, 11) is 3.66. The van der Waals surface area contributed by atoms with E-state index < -0.39 is 54.4 Å². The molecule has 1 unspecified atom stereocenters. The first-order chi connectivity index (χ1) is 40.3. The van der Waals surface area contributed by atoms with Gasteiger partial charge in [-0.15, -0.1) is 0 Å². The van der Waals surface area contributed by atoms with E-state index in [1.54, 1.807) is 13.2 Å². The Hall–Kier alpha value is -5.06. The molecule has 9 heterocycles. The van der Waals surface area contributed by atoms with Crippen LogP contribution in [0.3, 0.4) is 0 Å². The highest BCUT2D eigenvalue weighted by Crippen LogP contribution is 2.49. The molecule has 18 nitrogen and oxygen atoms in total. The fourth-order valence-electron chi connectivity index (χ4n) is 16.0. The van der Waals surface area contributed by atoms with Crippen molar-refractivity contribution in [3.05, 3.63) is 41.7 Å². The number of pyridine rings is 1. The van der Waals surface area contributed by atoms with E-state index in [4.69, 9.17) is 19.2 Å². The number of esters is 1. The van der Waals surface area contributed by atoms with Crippen LogP contribution >= 0.6 is 0 Å². The van der Waals surface area contributed by atoms with Crippen molar-refractivity contribution in [1.82, 2.24) is 44.9 Å². The number of cyclic esters (lactones) is 1. The summed E-state index contributed by atoms with van der Waals surface area (Å²) in [6.07, 6.45) is 8.04. The molecule has 1 spiro atoms. The topological polar surface area (TPSA) is 160 Å². The zero-order valence-corrected chi connectivity index (χ0v) is 50.0. The summed E-state index contributed by atoms with van der Waals surface area (Å²) in [6, 6.07) is 6.35. The highest BCUT2D eigenvalue weighted by Gasteiger charge is 2.59. The van der Waals surface area contributed by atoms with Crippen molar-refractivity contribution in [1.29, 1.82) is 0 Å². The standard InChI is InChI=1S/C63H88F3N11O7/c1-39(82-5)52-47(30-44(33-67-52)72-25-23-71(24-26-72)42-14-15-42)55-48-32-61(2,3)38-84-60(81)49-11-8-20-77(69-49)58(79)50(31-45-34-73(27-28-83-45)43-16-17-51(46(48)29-43)76(55)37-63(64,65)66)68-57(78)54(40-9-6-7-10-40)74-21-18-62(35-74)19-22-75(36-62)59(80)56-53(70(56)4)41-12-13-41/h16-17,29-30,33,39-42,45,49-50,53-54,56,69H,6-15,18-28,31-32,34-38H2,1-5H3,(H,68,78)/t39-,45-,49-,50-,53-,54-,56+,62-,70?/m0/s1. The monoisotopic (exact) mass is 1170 g/mol. The number of halogens is 3. The van der Waals surface area contributed by atoms with Gasteiger partial charge in [0.25, 0.3) is 5.91 Å². The van der Waals surface area contributed by atoms with Crippen LogP contribution in [0.15, 0.2) is 30.5 Å². The van der Waals surface area contributed by atoms with Gasteiger partial charge in [0.2, 0.25) is 11.8 Å². The third-order valence-electron chi connectivity index (χ3n) is 21.0. The maximum Gasteiger partial charge on any atom is 0.406 e. The Morgan fingerprint density at radius 2 is 1.68 bits per heavy atom. The number of carbonyl (C=O) groups is 4. The van der Waals surface area contributed by atoms with Crippen LogP contribution in [-0.4, -0.2) is 206 Å². The Balaban J connectivity index is 0.824. The van der Waals surface area contributed by atoms with E-state index in [9.17, 15) is 9.59 Å². The van der Waals surface area contributed by atoms with Gasteiger partial charge >= 0.3 is 12.1 Å². The van der Waals surface area contributed by atoms with Crippen LogP contribution in [0.5, 0.6) is 0 Å². The van der Waals surface area contributed by atoms with Gasteiger partial charge in [0.15, 0.2) is 0 Å². The van der Waals surface area contributed by atoms with Gasteiger partial charge in [-0.25, -0.2) is 5.43 Å². The number of hydrazine groups is 1. The maximum absolute atomic E-state index is 15.3. The molecule has 9 fully saturated rings. The van der Waals surface area contributed by atoms with Crippen LogP contribution in [0.4, 0.5) is 24.5 Å². The van der Waals surface area contributed by atoms with E-state index in [1.165, 1.54) is 35.3 Å². The lowest BCUT2D eigenvalue weighted by molar-refractivity contribution is -0.156.